The third-order valence-electron chi connectivity index (χ3n) is 3.66. The number of anilines is 1. The van der Waals surface area contributed by atoms with E-state index in [1.807, 2.05) is 12.1 Å². The highest BCUT2D eigenvalue weighted by Gasteiger charge is 2.17. The van der Waals surface area contributed by atoms with Crippen LogP contribution in [0.4, 0.5) is 5.69 Å². The molecule has 1 aromatic heterocycles. The predicted molar refractivity (Wildman–Crippen MR) is 87.0 cm³/mol. The number of halogens is 1. The molecule has 0 spiro atoms. The molecule has 1 heterocycles. The number of aryl methyl sites for hydroxylation is 1. The van der Waals surface area contributed by atoms with Crippen LogP contribution < -0.4 is 5.73 Å². The van der Waals surface area contributed by atoms with Crippen LogP contribution in [0.5, 0.6) is 0 Å². The molecule has 0 saturated carbocycles. The summed E-state index contributed by atoms with van der Waals surface area (Å²) >= 11 is 6.13. The van der Waals surface area contributed by atoms with Gasteiger partial charge >= 0.3 is 0 Å². The number of rotatable bonds is 3. The number of H-pyrrole nitrogens is 1. The number of para-hydroxylation sites is 1. The van der Waals surface area contributed by atoms with E-state index in [0.29, 0.717) is 21.8 Å². The van der Waals surface area contributed by atoms with E-state index >= 15 is 0 Å². The Bertz CT molecular complexity index is 836. The Hall–Kier alpha value is -2.26. The van der Waals surface area contributed by atoms with Gasteiger partial charge in [0.05, 0.1) is 5.02 Å². The molecular formula is C17H15ClN2O. The second-order valence-electron chi connectivity index (χ2n) is 4.96. The molecule has 0 bridgehead atoms. The molecule has 0 fully saturated rings. The third kappa shape index (κ3) is 2.30. The molecule has 0 amide bonds. The van der Waals surface area contributed by atoms with Gasteiger partial charge in [-0.15, -0.1) is 0 Å². The average Bonchev–Trinajstić information content (AvgIpc) is 2.93. The summed E-state index contributed by atoms with van der Waals surface area (Å²) in [6, 6.07) is 10.9. The number of nitrogen functional groups attached to an aromatic ring is 1. The standard InChI is InChI=1S/C17H15ClN2O/c1-2-10-4-3-5-12-14(9-20-16(10)12)17(21)13-8-11(19)6-7-15(13)18/h3-9,20H,2,19H2,1H3. The number of ketones is 1. The van der Waals surface area contributed by atoms with Gasteiger partial charge in [-0.1, -0.05) is 36.7 Å². The first-order chi connectivity index (χ1) is 10.1. The van der Waals surface area contributed by atoms with Crippen molar-refractivity contribution in [1.29, 1.82) is 0 Å². The molecule has 0 aliphatic carbocycles. The van der Waals surface area contributed by atoms with Gasteiger partial charge in [-0.25, -0.2) is 0 Å². The molecule has 0 radical (unpaired) electrons. The van der Waals surface area contributed by atoms with Gasteiger partial charge in [0.2, 0.25) is 0 Å². The minimum absolute atomic E-state index is 0.119. The average molecular weight is 299 g/mol. The van der Waals surface area contributed by atoms with Gasteiger partial charge in [0, 0.05) is 33.9 Å². The van der Waals surface area contributed by atoms with Gasteiger partial charge in [0.15, 0.2) is 5.78 Å². The molecule has 3 N–H and O–H groups in total. The maximum atomic E-state index is 12.7. The van der Waals surface area contributed by atoms with Crippen molar-refractivity contribution in [2.75, 3.05) is 5.73 Å². The zero-order valence-corrected chi connectivity index (χ0v) is 12.4. The number of hydrogen-bond acceptors (Lipinski definition) is 2. The van der Waals surface area contributed by atoms with Gasteiger partial charge in [0.1, 0.15) is 0 Å². The van der Waals surface area contributed by atoms with Crippen molar-refractivity contribution in [2.45, 2.75) is 13.3 Å². The quantitative estimate of drug-likeness (QED) is 0.562. The number of carbonyl (C=O) groups is 1. The lowest BCUT2D eigenvalue weighted by atomic mass is 10.0. The summed E-state index contributed by atoms with van der Waals surface area (Å²) in [6.07, 6.45) is 2.65. The fourth-order valence-electron chi connectivity index (χ4n) is 2.56. The van der Waals surface area contributed by atoms with E-state index in [0.717, 1.165) is 17.3 Å². The van der Waals surface area contributed by atoms with Crippen molar-refractivity contribution in [1.82, 2.24) is 4.98 Å². The summed E-state index contributed by atoms with van der Waals surface area (Å²) in [6.45, 7) is 2.09. The first kappa shape index (κ1) is 13.7. The minimum atomic E-state index is -0.119. The monoisotopic (exact) mass is 298 g/mol. The largest absolute Gasteiger partial charge is 0.399 e. The first-order valence-electron chi connectivity index (χ1n) is 6.80. The lowest BCUT2D eigenvalue weighted by molar-refractivity contribution is 0.104. The van der Waals surface area contributed by atoms with Crippen molar-refractivity contribution in [2.24, 2.45) is 0 Å². The smallest absolute Gasteiger partial charge is 0.196 e. The first-order valence-corrected chi connectivity index (χ1v) is 7.18. The van der Waals surface area contributed by atoms with Gasteiger partial charge < -0.3 is 10.7 Å². The van der Waals surface area contributed by atoms with E-state index in [2.05, 4.69) is 18.0 Å². The molecule has 0 unspecified atom stereocenters. The Morgan fingerprint density at radius 1 is 1.24 bits per heavy atom. The summed E-state index contributed by atoms with van der Waals surface area (Å²) in [4.78, 5) is 15.9. The summed E-state index contributed by atoms with van der Waals surface area (Å²) in [7, 11) is 0. The molecule has 2 aromatic carbocycles. The molecule has 0 aliphatic rings. The fraction of sp³-hybridized carbons (Fsp3) is 0.118. The van der Waals surface area contributed by atoms with E-state index in [-0.39, 0.29) is 5.78 Å². The molecule has 0 aliphatic heterocycles. The lowest BCUT2D eigenvalue weighted by Crippen LogP contribution is -2.02. The predicted octanol–water partition coefficient (Wildman–Crippen LogP) is 4.20. The summed E-state index contributed by atoms with van der Waals surface area (Å²) < 4.78 is 0. The van der Waals surface area contributed by atoms with Crippen LogP contribution in [0, 0.1) is 0 Å². The topological polar surface area (TPSA) is 58.9 Å². The highest BCUT2D eigenvalue weighted by Crippen LogP contribution is 2.27. The number of aromatic nitrogens is 1. The number of carbonyl (C=O) groups excluding carboxylic acids is 1. The second kappa shape index (κ2) is 5.26. The summed E-state index contributed by atoms with van der Waals surface area (Å²) in [5.41, 5.74) is 9.52. The zero-order chi connectivity index (χ0) is 15.0. The number of fused-ring (bicyclic) bond motifs is 1. The molecule has 106 valence electrons. The normalized spacial score (nSPS) is 11.0. The van der Waals surface area contributed by atoms with Crippen LogP contribution in [0.3, 0.4) is 0 Å². The number of hydrogen-bond donors (Lipinski definition) is 2. The molecule has 3 nitrogen and oxygen atoms in total. The number of nitrogens with two attached hydrogens (primary N) is 1. The van der Waals surface area contributed by atoms with Gasteiger partial charge in [-0.3, -0.25) is 4.79 Å². The van der Waals surface area contributed by atoms with Crippen LogP contribution in [0.15, 0.2) is 42.6 Å². The van der Waals surface area contributed by atoms with Gasteiger partial charge in [-0.05, 0) is 30.2 Å². The minimum Gasteiger partial charge on any atom is -0.399 e. The Morgan fingerprint density at radius 3 is 2.81 bits per heavy atom. The van der Waals surface area contributed by atoms with Gasteiger partial charge in [-0.2, -0.15) is 0 Å². The Labute approximate surface area is 127 Å². The van der Waals surface area contributed by atoms with Crippen LogP contribution in [-0.4, -0.2) is 10.8 Å². The van der Waals surface area contributed by atoms with Crippen molar-refractivity contribution < 1.29 is 4.79 Å². The number of nitrogens with one attached hydrogen (secondary N) is 1. The van der Waals surface area contributed by atoms with Crippen molar-refractivity contribution in [3.8, 4) is 0 Å². The van der Waals surface area contributed by atoms with Crippen LogP contribution in [0.25, 0.3) is 10.9 Å². The zero-order valence-electron chi connectivity index (χ0n) is 11.6. The van der Waals surface area contributed by atoms with E-state index in [9.17, 15) is 4.79 Å². The third-order valence-corrected chi connectivity index (χ3v) is 3.99. The maximum Gasteiger partial charge on any atom is 0.196 e. The maximum absolute atomic E-state index is 12.7. The van der Waals surface area contributed by atoms with Crippen molar-refractivity contribution in [3.63, 3.8) is 0 Å². The van der Waals surface area contributed by atoms with E-state index in [4.69, 9.17) is 17.3 Å². The number of benzene rings is 2. The van der Waals surface area contributed by atoms with Crippen LogP contribution in [0.2, 0.25) is 5.02 Å². The van der Waals surface area contributed by atoms with E-state index in [1.54, 1.807) is 24.4 Å². The molecular weight excluding hydrogens is 284 g/mol. The molecule has 21 heavy (non-hydrogen) atoms. The van der Waals surface area contributed by atoms with E-state index in [1.165, 1.54) is 5.56 Å². The SMILES string of the molecule is CCc1cccc2c(C(=O)c3cc(N)ccc3Cl)c[nH]c12. The Kier molecular flexibility index (Phi) is 3.43. The van der Waals surface area contributed by atoms with Crippen molar-refractivity contribution in [3.05, 3.63) is 64.3 Å². The number of aromatic amines is 1. The van der Waals surface area contributed by atoms with Gasteiger partial charge in [0.25, 0.3) is 0 Å². The molecule has 0 saturated heterocycles. The lowest BCUT2D eigenvalue weighted by Gasteiger charge is -2.05. The molecule has 4 heteroatoms. The van der Waals surface area contributed by atoms with E-state index < -0.39 is 0 Å². The molecule has 3 rings (SSSR count). The highest BCUT2D eigenvalue weighted by molar-refractivity contribution is 6.35. The molecule has 3 aromatic rings. The van der Waals surface area contributed by atoms with Crippen LogP contribution in [0.1, 0.15) is 28.4 Å². The summed E-state index contributed by atoms with van der Waals surface area (Å²) in [5.74, 6) is -0.119. The van der Waals surface area contributed by atoms with Crippen molar-refractivity contribution >= 4 is 34.0 Å². The van der Waals surface area contributed by atoms with Crippen LogP contribution >= 0.6 is 11.6 Å². The Balaban J connectivity index is 2.16. The second-order valence-corrected chi connectivity index (χ2v) is 5.37. The summed E-state index contributed by atoms with van der Waals surface area (Å²) in [5, 5.41) is 1.33. The molecule has 0 atom stereocenters. The highest BCUT2D eigenvalue weighted by atomic mass is 35.5. The fourth-order valence-corrected chi connectivity index (χ4v) is 2.76. The van der Waals surface area contributed by atoms with Crippen LogP contribution in [-0.2, 0) is 6.42 Å². The Morgan fingerprint density at radius 2 is 2.05 bits per heavy atom.